The number of ether oxygens (including phenoxy) is 1. The van der Waals surface area contributed by atoms with Gasteiger partial charge < -0.3 is 15.0 Å². The SMILES string of the molecule is O=C(CCCCl)NCCC(=O)N1CCOCC1. The van der Waals surface area contributed by atoms with Crippen molar-refractivity contribution >= 4 is 23.4 Å². The first kappa shape index (κ1) is 14.3. The molecule has 17 heavy (non-hydrogen) atoms. The van der Waals surface area contributed by atoms with Crippen LogP contribution in [0.15, 0.2) is 0 Å². The lowest BCUT2D eigenvalue weighted by molar-refractivity contribution is -0.135. The lowest BCUT2D eigenvalue weighted by Gasteiger charge is -2.26. The van der Waals surface area contributed by atoms with Crippen LogP contribution in [0, 0.1) is 0 Å². The molecule has 98 valence electrons. The van der Waals surface area contributed by atoms with Gasteiger partial charge in [-0.15, -0.1) is 11.6 Å². The number of carbonyl (C=O) groups excluding carboxylic acids is 2. The van der Waals surface area contributed by atoms with Crippen molar-refractivity contribution in [2.75, 3.05) is 38.7 Å². The molecule has 5 nitrogen and oxygen atoms in total. The fraction of sp³-hybridized carbons (Fsp3) is 0.818. The van der Waals surface area contributed by atoms with Crippen molar-refractivity contribution in [3.8, 4) is 0 Å². The Balaban J connectivity index is 2.08. The Hall–Kier alpha value is -0.810. The van der Waals surface area contributed by atoms with Crippen LogP contribution in [0.1, 0.15) is 19.3 Å². The van der Waals surface area contributed by atoms with E-state index in [1.54, 1.807) is 4.90 Å². The highest BCUT2D eigenvalue weighted by atomic mass is 35.5. The molecule has 1 aliphatic rings. The van der Waals surface area contributed by atoms with Crippen LogP contribution in [0.5, 0.6) is 0 Å². The van der Waals surface area contributed by atoms with Gasteiger partial charge in [-0.1, -0.05) is 0 Å². The molecule has 0 radical (unpaired) electrons. The minimum atomic E-state index is -0.0413. The molecule has 2 amide bonds. The standard InChI is InChI=1S/C11H19ClN2O3/c12-4-1-2-10(15)13-5-3-11(16)14-6-8-17-9-7-14/h1-9H2,(H,13,15). The van der Waals surface area contributed by atoms with Crippen LogP contribution in [0.2, 0.25) is 0 Å². The van der Waals surface area contributed by atoms with E-state index in [4.69, 9.17) is 16.3 Å². The summed E-state index contributed by atoms with van der Waals surface area (Å²) in [5.74, 6) is 0.520. The minimum Gasteiger partial charge on any atom is -0.378 e. The van der Waals surface area contributed by atoms with Crippen LogP contribution in [-0.4, -0.2) is 55.4 Å². The van der Waals surface area contributed by atoms with E-state index in [1.165, 1.54) is 0 Å². The fourth-order valence-electron chi connectivity index (χ4n) is 1.60. The van der Waals surface area contributed by atoms with Crippen molar-refractivity contribution in [3.05, 3.63) is 0 Å². The third-order valence-electron chi connectivity index (χ3n) is 2.56. The summed E-state index contributed by atoms with van der Waals surface area (Å²) in [5, 5.41) is 2.71. The zero-order chi connectivity index (χ0) is 12.5. The second-order valence-electron chi connectivity index (χ2n) is 3.89. The summed E-state index contributed by atoms with van der Waals surface area (Å²) in [6.07, 6.45) is 1.45. The molecule has 0 spiro atoms. The number of carbonyl (C=O) groups is 2. The molecule has 0 unspecified atom stereocenters. The normalized spacial score (nSPS) is 15.7. The van der Waals surface area contributed by atoms with Gasteiger partial charge in [-0.25, -0.2) is 0 Å². The van der Waals surface area contributed by atoms with Crippen molar-refractivity contribution in [3.63, 3.8) is 0 Å². The average molecular weight is 263 g/mol. The van der Waals surface area contributed by atoms with Gasteiger partial charge in [0.2, 0.25) is 11.8 Å². The molecule has 1 heterocycles. The third-order valence-corrected chi connectivity index (χ3v) is 2.83. The molecule has 0 saturated carbocycles. The largest absolute Gasteiger partial charge is 0.378 e. The summed E-state index contributed by atoms with van der Waals surface area (Å²) in [6.45, 7) is 2.91. The van der Waals surface area contributed by atoms with E-state index >= 15 is 0 Å². The number of hydrogen-bond acceptors (Lipinski definition) is 3. The molecule has 6 heteroatoms. The summed E-state index contributed by atoms with van der Waals surface area (Å²) in [6, 6.07) is 0. The van der Waals surface area contributed by atoms with Crippen molar-refractivity contribution in [2.45, 2.75) is 19.3 Å². The van der Waals surface area contributed by atoms with Crippen LogP contribution in [0.25, 0.3) is 0 Å². The van der Waals surface area contributed by atoms with E-state index < -0.39 is 0 Å². The topological polar surface area (TPSA) is 58.6 Å². The number of morpholine rings is 1. The molecular weight excluding hydrogens is 244 g/mol. The first-order chi connectivity index (χ1) is 8.24. The highest BCUT2D eigenvalue weighted by Crippen LogP contribution is 1.99. The minimum absolute atomic E-state index is 0.0413. The van der Waals surface area contributed by atoms with Crippen molar-refractivity contribution in [1.82, 2.24) is 10.2 Å². The van der Waals surface area contributed by atoms with Crippen LogP contribution >= 0.6 is 11.6 Å². The number of nitrogens with zero attached hydrogens (tertiary/aromatic N) is 1. The number of alkyl halides is 1. The zero-order valence-electron chi connectivity index (χ0n) is 9.91. The predicted octanol–water partition coefficient (Wildman–Crippen LogP) is 0.370. The average Bonchev–Trinajstić information content (AvgIpc) is 2.37. The summed E-state index contributed by atoms with van der Waals surface area (Å²) in [5.41, 5.74) is 0. The quantitative estimate of drug-likeness (QED) is 0.704. The Bertz CT molecular complexity index is 255. The summed E-state index contributed by atoms with van der Waals surface area (Å²) >= 11 is 5.48. The van der Waals surface area contributed by atoms with Gasteiger partial charge in [0.15, 0.2) is 0 Å². The molecular formula is C11H19ClN2O3. The molecule has 1 N–H and O–H groups in total. The maximum Gasteiger partial charge on any atom is 0.224 e. The number of amides is 2. The van der Waals surface area contributed by atoms with E-state index in [1.807, 2.05) is 0 Å². The number of nitrogens with one attached hydrogen (secondary N) is 1. The highest BCUT2D eigenvalue weighted by molar-refractivity contribution is 6.17. The number of halogens is 1. The molecule has 1 fully saturated rings. The van der Waals surface area contributed by atoms with E-state index in [2.05, 4.69) is 5.32 Å². The molecule has 1 aliphatic heterocycles. The molecule has 1 saturated heterocycles. The second kappa shape index (κ2) is 8.31. The number of rotatable bonds is 6. The monoisotopic (exact) mass is 262 g/mol. The molecule has 0 bridgehead atoms. The molecule has 1 rings (SSSR count). The molecule has 0 aromatic carbocycles. The molecule has 0 aromatic rings. The summed E-state index contributed by atoms with van der Waals surface area (Å²) in [7, 11) is 0. The van der Waals surface area contributed by atoms with Gasteiger partial charge in [-0.3, -0.25) is 9.59 Å². The first-order valence-corrected chi connectivity index (χ1v) is 6.45. The van der Waals surface area contributed by atoms with Gasteiger partial charge in [-0.05, 0) is 6.42 Å². The maximum atomic E-state index is 11.7. The highest BCUT2D eigenvalue weighted by Gasteiger charge is 2.16. The lowest BCUT2D eigenvalue weighted by atomic mass is 10.3. The van der Waals surface area contributed by atoms with Crippen LogP contribution in [0.3, 0.4) is 0 Å². The van der Waals surface area contributed by atoms with Crippen LogP contribution in [-0.2, 0) is 14.3 Å². The molecule has 0 atom stereocenters. The van der Waals surface area contributed by atoms with Gasteiger partial charge in [0.25, 0.3) is 0 Å². The lowest BCUT2D eigenvalue weighted by Crippen LogP contribution is -2.42. The first-order valence-electron chi connectivity index (χ1n) is 5.92. The van der Waals surface area contributed by atoms with Crippen molar-refractivity contribution < 1.29 is 14.3 Å². The van der Waals surface area contributed by atoms with Crippen molar-refractivity contribution in [1.29, 1.82) is 0 Å². The zero-order valence-corrected chi connectivity index (χ0v) is 10.7. The summed E-state index contributed by atoms with van der Waals surface area (Å²) in [4.78, 5) is 24.7. The van der Waals surface area contributed by atoms with Gasteiger partial charge in [0.05, 0.1) is 13.2 Å². The maximum absolute atomic E-state index is 11.7. The Morgan fingerprint density at radius 1 is 1.24 bits per heavy atom. The Morgan fingerprint density at radius 2 is 1.94 bits per heavy atom. The van der Waals surface area contributed by atoms with E-state index in [0.29, 0.717) is 58.0 Å². The van der Waals surface area contributed by atoms with Crippen molar-refractivity contribution in [2.24, 2.45) is 0 Å². The van der Waals surface area contributed by atoms with Crippen LogP contribution < -0.4 is 5.32 Å². The number of hydrogen-bond donors (Lipinski definition) is 1. The Labute approximate surface area is 106 Å². The smallest absolute Gasteiger partial charge is 0.224 e. The van der Waals surface area contributed by atoms with Gasteiger partial charge >= 0.3 is 0 Å². The summed E-state index contributed by atoms with van der Waals surface area (Å²) < 4.78 is 5.16. The fourth-order valence-corrected chi connectivity index (χ4v) is 1.73. The second-order valence-corrected chi connectivity index (χ2v) is 4.26. The third kappa shape index (κ3) is 5.89. The van der Waals surface area contributed by atoms with Crippen LogP contribution in [0.4, 0.5) is 0 Å². The van der Waals surface area contributed by atoms with Gasteiger partial charge in [0.1, 0.15) is 0 Å². The van der Waals surface area contributed by atoms with E-state index in [9.17, 15) is 9.59 Å². The van der Waals surface area contributed by atoms with Gasteiger partial charge in [-0.2, -0.15) is 0 Å². The predicted molar refractivity (Wildman–Crippen MR) is 65.0 cm³/mol. The van der Waals surface area contributed by atoms with E-state index in [-0.39, 0.29) is 11.8 Å². The van der Waals surface area contributed by atoms with E-state index in [0.717, 1.165) is 0 Å². The Morgan fingerprint density at radius 3 is 2.59 bits per heavy atom. The molecule has 0 aliphatic carbocycles. The molecule has 0 aromatic heterocycles. The van der Waals surface area contributed by atoms with Gasteiger partial charge in [0, 0.05) is 38.4 Å². The Kier molecular flexibility index (Phi) is 6.96.